The SMILES string of the molecule is CCC1(CNC(=O)c2nn(C)c3c2CCN(C(=O)OC(C)(C)C)C3)CCC1. The second kappa shape index (κ2) is 7.17. The number of aromatic nitrogens is 2. The lowest BCUT2D eigenvalue weighted by Crippen LogP contribution is -2.42. The van der Waals surface area contributed by atoms with Crippen molar-refractivity contribution in [2.24, 2.45) is 12.5 Å². The predicted octanol–water partition coefficient (Wildman–Crippen LogP) is 3.02. The molecule has 0 aromatic carbocycles. The van der Waals surface area contributed by atoms with Gasteiger partial charge in [0.15, 0.2) is 5.69 Å². The van der Waals surface area contributed by atoms with Crippen LogP contribution >= 0.6 is 0 Å². The number of rotatable bonds is 4. The van der Waals surface area contributed by atoms with Crippen LogP contribution < -0.4 is 5.32 Å². The normalized spacial score (nSPS) is 18.5. The molecular formula is C20H32N4O3. The van der Waals surface area contributed by atoms with Crippen molar-refractivity contribution in [1.82, 2.24) is 20.0 Å². The van der Waals surface area contributed by atoms with Gasteiger partial charge in [0.2, 0.25) is 0 Å². The van der Waals surface area contributed by atoms with Crippen LogP contribution in [-0.4, -0.2) is 45.4 Å². The zero-order chi connectivity index (χ0) is 19.8. The Morgan fingerprint density at radius 2 is 2.00 bits per heavy atom. The molecule has 2 aliphatic rings. The Morgan fingerprint density at radius 3 is 2.56 bits per heavy atom. The molecule has 1 aromatic rings. The summed E-state index contributed by atoms with van der Waals surface area (Å²) in [6.45, 7) is 9.44. The van der Waals surface area contributed by atoms with Crippen molar-refractivity contribution in [2.75, 3.05) is 13.1 Å². The highest BCUT2D eigenvalue weighted by Crippen LogP contribution is 2.43. The first-order valence-corrected chi connectivity index (χ1v) is 9.95. The molecule has 0 radical (unpaired) electrons. The highest BCUT2D eigenvalue weighted by Gasteiger charge is 2.36. The largest absolute Gasteiger partial charge is 0.444 e. The number of carbonyl (C=O) groups is 2. The Labute approximate surface area is 161 Å². The molecule has 3 rings (SSSR count). The van der Waals surface area contributed by atoms with Gasteiger partial charge in [0.25, 0.3) is 5.91 Å². The van der Waals surface area contributed by atoms with Crippen molar-refractivity contribution in [3.05, 3.63) is 17.0 Å². The van der Waals surface area contributed by atoms with Gasteiger partial charge in [0.1, 0.15) is 5.60 Å². The molecule has 1 aliphatic carbocycles. The second-order valence-electron chi connectivity index (χ2n) is 8.94. The summed E-state index contributed by atoms with van der Waals surface area (Å²) in [7, 11) is 1.83. The summed E-state index contributed by atoms with van der Waals surface area (Å²) in [5.41, 5.74) is 2.12. The average molecular weight is 377 g/mol. The van der Waals surface area contributed by atoms with E-state index in [4.69, 9.17) is 4.74 Å². The summed E-state index contributed by atoms with van der Waals surface area (Å²) in [6, 6.07) is 0. The topological polar surface area (TPSA) is 76.5 Å². The van der Waals surface area contributed by atoms with Gasteiger partial charge in [-0.2, -0.15) is 5.10 Å². The van der Waals surface area contributed by atoms with Gasteiger partial charge in [-0.15, -0.1) is 0 Å². The molecule has 1 saturated carbocycles. The van der Waals surface area contributed by atoms with Crippen LogP contribution in [0.3, 0.4) is 0 Å². The smallest absolute Gasteiger partial charge is 0.410 e. The minimum Gasteiger partial charge on any atom is -0.444 e. The van der Waals surface area contributed by atoms with E-state index in [-0.39, 0.29) is 17.4 Å². The van der Waals surface area contributed by atoms with E-state index in [1.807, 2.05) is 27.8 Å². The first-order valence-electron chi connectivity index (χ1n) is 9.95. The summed E-state index contributed by atoms with van der Waals surface area (Å²) in [6.07, 6.45) is 5.02. The average Bonchev–Trinajstić information content (AvgIpc) is 2.89. The predicted molar refractivity (Wildman–Crippen MR) is 102 cm³/mol. The van der Waals surface area contributed by atoms with Crippen molar-refractivity contribution in [1.29, 1.82) is 0 Å². The van der Waals surface area contributed by atoms with Crippen molar-refractivity contribution in [3.63, 3.8) is 0 Å². The molecule has 7 nitrogen and oxygen atoms in total. The van der Waals surface area contributed by atoms with E-state index >= 15 is 0 Å². The first kappa shape index (κ1) is 19.7. The molecule has 1 aliphatic heterocycles. The van der Waals surface area contributed by atoms with Crippen molar-refractivity contribution in [3.8, 4) is 0 Å². The number of fused-ring (bicyclic) bond motifs is 1. The van der Waals surface area contributed by atoms with Gasteiger partial charge in [0, 0.05) is 25.7 Å². The molecule has 0 unspecified atom stereocenters. The third-order valence-electron chi connectivity index (χ3n) is 5.90. The number of nitrogens with one attached hydrogen (secondary N) is 1. The fraction of sp³-hybridized carbons (Fsp3) is 0.750. The Hall–Kier alpha value is -2.05. The Balaban J connectivity index is 1.68. The maximum absolute atomic E-state index is 12.7. The van der Waals surface area contributed by atoms with E-state index in [2.05, 4.69) is 17.3 Å². The Morgan fingerprint density at radius 1 is 1.30 bits per heavy atom. The van der Waals surface area contributed by atoms with Crippen LogP contribution in [0, 0.1) is 5.41 Å². The molecule has 7 heteroatoms. The molecular weight excluding hydrogens is 344 g/mol. The monoisotopic (exact) mass is 376 g/mol. The fourth-order valence-corrected chi connectivity index (χ4v) is 3.92. The van der Waals surface area contributed by atoms with E-state index in [0.29, 0.717) is 25.2 Å². The van der Waals surface area contributed by atoms with Gasteiger partial charge in [-0.25, -0.2) is 4.79 Å². The number of amides is 2. The fourth-order valence-electron chi connectivity index (χ4n) is 3.92. The van der Waals surface area contributed by atoms with Gasteiger partial charge >= 0.3 is 6.09 Å². The number of hydrogen-bond donors (Lipinski definition) is 1. The van der Waals surface area contributed by atoms with Crippen LogP contribution in [0.4, 0.5) is 4.79 Å². The van der Waals surface area contributed by atoms with E-state index in [9.17, 15) is 9.59 Å². The van der Waals surface area contributed by atoms with E-state index < -0.39 is 5.60 Å². The summed E-state index contributed by atoms with van der Waals surface area (Å²) in [5, 5.41) is 7.56. The summed E-state index contributed by atoms with van der Waals surface area (Å²) in [4.78, 5) is 26.8. The third kappa shape index (κ3) is 4.12. The van der Waals surface area contributed by atoms with Gasteiger partial charge in [-0.3, -0.25) is 9.48 Å². The molecule has 150 valence electrons. The molecule has 1 aromatic heterocycles. The van der Waals surface area contributed by atoms with Gasteiger partial charge < -0.3 is 15.0 Å². The van der Waals surface area contributed by atoms with Crippen LogP contribution in [0.5, 0.6) is 0 Å². The first-order chi connectivity index (χ1) is 12.6. The lowest BCUT2D eigenvalue weighted by atomic mass is 9.67. The summed E-state index contributed by atoms with van der Waals surface area (Å²) >= 11 is 0. The minimum absolute atomic E-state index is 0.0997. The van der Waals surface area contributed by atoms with E-state index in [1.54, 1.807) is 9.58 Å². The molecule has 27 heavy (non-hydrogen) atoms. The molecule has 2 heterocycles. The molecule has 1 fully saturated rings. The Bertz CT molecular complexity index is 723. The van der Waals surface area contributed by atoms with Crippen LogP contribution in [0.25, 0.3) is 0 Å². The number of hydrogen-bond acceptors (Lipinski definition) is 4. The van der Waals surface area contributed by atoms with Crippen molar-refractivity contribution < 1.29 is 14.3 Å². The van der Waals surface area contributed by atoms with Gasteiger partial charge in [0.05, 0.1) is 12.2 Å². The maximum Gasteiger partial charge on any atom is 0.410 e. The van der Waals surface area contributed by atoms with Crippen LogP contribution in [0.2, 0.25) is 0 Å². The van der Waals surface area contributed by atoms with Gasteiger partial charge in [-0.1, -0.05) is 13.3 Å². The van der Waals surface area contributed by atoms with E-state index in [0.717, 1.165) is 24.2 Å². The lowest BCUT2D eigenvalue weighted by Gasteiger charge is -2.41. The standard InChI is InChI=1S/C20H32N4O3/c1-6-20(9-7-10-20)13-21-17(25)16-14-8-11-24(12-15(14)23(5)22-16)18(26)27-19(2,3)4/h6-13H2,1-5H3,(H,21,25). The van der Waals surface area contributed by atoms with Crippen LogP contribution in [0.1, 0.15) is 75.1 Å². The third-order valence-corrected chi connectivity index (χ3v) is 5.90. The number of ether oxygens (including phenoxy) is 1. The molecule has 0 atom stereocenters. The van der Waals surface area contributed by atoms with Crippen LogP contribution in [-0.2, 0) is 24.8 Å². The molecule has 1 N–H and O–H groups in total. The lowest BCUT2D eigenvalue weighted by molar-refractivity contribution is 0.0219. The maximum atomic E-state index is 12.7. The van der Waals surface area contributed by atoms with Crippen molar-refractivity contribution >= 4 is 12.0 Å². The van der Waals surface area contributed by atoms with Crippen molar-refractivity contribution in [2.45, 2.75) is 71.9 Å². The van der Waals surface area contributed by atoms with Gasteiger partial charge in [-0.05, 0) is 51.9 Å². The quantitative estimate of drug-likeness (QED) is 0.876. The zero-order valence-electron chi connectivity index (χ0n) is 17.2. The summed E-state index contributed by atoms with van der Waals surface area (Å²) in [5.74, 6) is -0.0997. The molecule has 0 saturated heterocycles. The second-order valence-corrected chi connectivity index (χ2v) is 8.94. The molecule has 0 bridgehead atoms. The van der Waals surface area contributed by atoms with E-state index in [1.165, 1.54) is 19.3 Å². The number of carbonyl (C=O) groups excluding carboxylic acids is 2. The molecule has 2 amide bonds. The number of nitrogens with zero attached hydrogens (tertiary/aromatic N) is 3. The number of aryl methyl sites for hydroxylation is 1. The highest BCUT2D eigenvalue weighted by atomic mass is 16.6. The molecule has 0 spiro atoms. The van der Waals surface area contributed by atoms with Crippen LogP contribution in [0.15, 0.2) is 0 Å². The summed E-state index contributed by atoms with van der Waals surface area (Å²) < 4.78 is 7.19. The Kier molecular flexibility index (Phi) is 5.23. The zero-order valence-corrected chi connectivity index (χ0v) is 17.2. The minimum atomic E-state index is -0.522. The highest BCUT2D eigenvalue weighted by molar-refractivity contribution is 5.94.